The number of halogens is 6. The van der Waals surface area contributed by atoms with Gasteiger partial charge in [0.2, 0.25) is 0 Å². The number of carbonyl (C=O) groups is 10. The zero-order valence-electron chi connectivity index (χ0n) is 75.0. The third-order valence-corrected chi connectivity index (χ3v) is 26.3. The number of hydrogen-bond acceptors (Lipinski definition) is 22. The van der Waals surface area contributed by atoms with Gasteiger partial charge in [-0.25, -0.2) is 29.2 Å². The maximum absolute atomic E-state index is 13.5. The van der Waals surface area contributed by atoms with Crippen LogP contribution in [-0.2, 0) is 9.47 Å². The number of ether oxygens (including phenoxy) is 2. The number of nitro groups is 3. The largest absolute Gasteiger partial charge is 0.399 e. The van der Waals surface area contributed by atoms with Gasteiger partial charge in [0.25, 0.3) is 64.3 Å². The van der Waals surface area contributed by atoms with Crippen LogP contribution in [-0.4, -0.2) is 87.2 Å². The van der Waals surface area contributed by atoms with Crippen LogP contribution in [0.4, 0.5) is 62.6 Å². The van der Waals surface area contributed by atoms with Crippen LogP contribution in [0.5, 0.6) is 0 Å². The van der Waals surface area contributed by atoms with Crippen molar-refractivity contribution < 1.29 is 72.2 Å². The molecule has 16 aromatic rings. The number of esters is 2. The summed E-state index contributed by atoms with van der Waals surface area (Å²) in [5, 5.41) is 34.7. The molecule has 1 fully saturated rings. The summed E-state index contributed by atoms with van der Waals surface area (Å²) < 4.78 is 9.45. The first-order chi connectivity index (χ1) is 69.6. The quantitative estimate of drug-likeness (QED) is 0.0185. The van der Waals surface area contributed by atoms with Gasteiger partial charge in [-0.3, -0.25) is 68.7 Å². The molecule has 145 heavy (non-hydrogen) atoms. The smallest absolute Gasteiger partial charge is 0.346 e. The second kappa shape index (κ2) is 40.5. The van der Waals surface area contributed by atoms with E-state index in [1.807, 2.05) is 36.4 Å². The van der Waals surface area contributed by atoms with Gasteiger partial charge < -0.3 is 32.4 Å². The average Bonchev–Trinajstić information content (AvgIpc) is 1.61. The lowest BCUT2D eigenvalue weighted by atomic mass is 10.00. The topological polar surface area (TPSA) is 436 Å². The number of nitrogens with zero attached hydrogens (tertiary/aromatic N) is 7. The maximum Gasteiger partial charge on any atom is 0.346 e. The minimum atomic E-state index is -0.672. The third-order valence-electron chi connectivity index (χ3n) is 24.4. The van der Waals surface area contributed by atoms with Gasteiger partial charge in [0, 0.05) is 106 Å². The van der Waals surface area contributed by atoms with Crippen molar-refractivity contribution in [2.45, 2.75) is 12.8 Å². The predicted molar refractivity (Wildman–Crippen MR) is 557 cm³/mol. The minimum absolute atomic E-state index is 0.00972. The van der Waals surface area contributed by atoms with Crippen molar-refractivity contribution >= 4 is 191 Å². The number of imide groups is 4. The first-order valence-electron chi connectivity index (χ1n) is 44.0. The number of carbonyl (C=O) groups excluding carboxylic acids is 10. The number of nitrogen functional groups attached to an aromatic ring is 4. The van der Waals surface area contributed by atoms with Crippen LogP contribution in [0.2, 0.25) is 30.1 Å². The highest BCUT2D eigenvalue weighted by Gasteiger charge is 2.43. The van der Waals surface area contributed by atoms with E-state index >= 15 is 0 Å². The van der Waals surface area contributed by atoms with E-state index in [1.54, 1.807) is 206 Å². The number of fused-ring (bicyclic) bond motifs is 5. The summed E-state index contributed by atoms with van der Waals surface area (Å²) in [7, 11) is 0. The Morgan fingerprint density at radius 1 is 0.214 bits per heavy atom. The van der Waals surface area contributed by atoms with Crippen molar-refractivity contribution in [2.24, 2.45) is 0 Å². The summed E-state index contributed by atoms with van der Waals surface area (Å²) in [6, 6.07) is 86.2. The summed E-state index contributed by atoms with van der Waals surface area (Å²) in [4.78, 5) is 166. The molecule has 0 atom stereocenters. The van der Waals surface area contributed by atoms with Gasteiger partial charge in [-0.1, -0.05) is 161 Å². The zero-order chi connectivity index (χ0) is 102. The molecule has 6 heterocycles. The standard InChI is InChI=1S/C40H20Cl2N4O8.C40H24Cl2N4O4.C14H7NO5.C12H10Cl2N2.C4H8O/c41-35-19-27(43-37(47)31-13-5-23(17-33(31)39(43)49)21-1-7-25(8-2-21)45(51)52)11-15-29(35)30-16-12-28(20-36(30)42)44-38(48)32-14-6-24(18-34(32)40(44)50)22-3-9-26(10-4-22)46(53)54;41-35-19-27(45-37(47)31-13-5-23(17-33(31)39(45)49)21-1-7-25(43)8-2-21)11-15-29(35)30-16-12-28(20-36(30)42)46-38(48)32-14-6-24(18-34(32)40(46)50)22-3-9-26(44)10-4-22;16-13-11-6-3-9(7-12(11)14(17)20-13)8-1-4-10(5-2-8)15(18)19;13-11-5-7(15)1-3-9(11)10-4-2-8(16)6-12(10)14;1-2-4-5-3-1/h1-20H;1-20H,43-44H2;1-7H;1-6H,15-16H2;1-4H2. The van der Waals surface area contributed by atoms with E-state index in [2.05, 4.69) is 4.74 Å². The molecule has 714 valence electrons. The summed E-state index contributed by atoms with van der Waals surface area (Å²) in [6.45, 7) is 2.00. The molecule has 8 N–H and O–H groups in total. The lowest BCUT2D eigenvalue weighted by molar-refractivity contribution is -0.385. The van der Waals surface area contributed by atoms with Crippen LogP contribution in [0.1, 0.15) is 116 Å². The molecule has 0 unspecified atom stereocenters. The number of benzene rings is 16. The fourth-order valence-corrected chi connectivity index (χ4v) is 18.7. The molecule has 0 spiro atoms. The molecule has 6 aliphatic heterocycles. The zero-order valence-corrected chi connectivity index (χ0v) is 79.5. The number of cyclic esters (lactones) is 2. The highest BCUT2D eigenvalue weighted by atomic mass is 35.5. The van der Waals surface area contributed by atoms with E-state index in [9.17, 15) is 78.3 Å². The Kier molecular flexibility index (Phi) is 27.2. The van der Waals surface area contributed by atoms with Crippen LogP contribution in [0.25, 0.3) is 89.0 Å². The Morgan fingerprint density at radius 3 is 0.634 bits per heavy atom. The average molecular weight is 2050 g/mol. The molecule has 0 saturated carbocycles. The number of hydrogen-bond donors (Lipinski definition) is 4. The van der Waals surface area contributed by atoms with E-state index in [1.165, 1.54) is 91.7 Å². The van der Waals surface area contributed by atoms with Crippen LogP contribution >= 0.6 is 69.6 Å². The summed E-state index contributed by atoms with van der Waals surface area (Å²) in [5.41, 5.74) is 39.5. The third kappa shape index (κ3) is 19.5. The van der Waals surface area contributed by atoms with E-state index in [0.29, 0.717) is 111 Å². The van der Waals surface area contributed by atoms with Crippen molar-refractivity contribution in [1.29, 1.82) is 0 Å². The van der Waals surface area contributed by atoms with Gasteiger partial charge in [0.05, 0.1) is 123 Å². The lowest BCUT2D eigenvalue weighted by Crippen LogP contribution is -2.29. The van der Waals surface area contributed by atoms with Crippen LogP contribution < -0.4 is 42.5 Å². The molecular formula is C110H69Cl6N11O18. The Labute approximate surface area is 852 Å². The Bertz CT molecular complexity index is 7820. The van der Waals surface area contributed by atoms with Crippen molar-refractivity contribution in [3.8, 4) is 89.0 Å². The van der Waals surface area contributed by atoms with Gasteiger partial charge in [0.15, 0.2) is 0 Å². The Morgan fingerprint density at radius 2 is 0.407 bits per heavy atom. The second-order valence-corrected chi connectivity index (χ2v) is 35.8. The monoisotopic (exact) mass is 2040 g/mol. The SMILES string of the molecule is C1CCOC1.Nc1ccc(-c2ccc(N)cc2Cl)c(Cl)c1.Nc1ccc(-c2ccc3c(c2)C(=O)N(c2ccc(-c4ccc(N5C(=O)c6ccc(-c7ccc(N)cc7)cc6C5=O)cc4Cl)c(Cl)c2)C3=O)cc1.O=C1OC(=O)c2cc(-c3ccc([N+](=O)[O-])cc3)ccc21.O=C1c2ccc(-c3ccc([N+](=O)[O-])cc3)cc2C(=O)N1c1ccc(-c2ccc(N3C(=O)c4ccc(-c5ccc([N+](=O)[O-])cc5)cc4C3=O)cc2Cl)c(Cl)c1. The molecule has 0 bridgehead atoms. The molecule has 0 radical (unpaired) electrons. The highest BCUT2D eigenvalue weighted by molar-refractivity contribution is 6.42. The minimum Gasteiger partial charge on any atom is -0.399 e. The van der Waals surface area contributed by atoms with Crippen LogP contribution in [0.3, 0.4) is 0 Å². The number of non-ortho nitro benzene ring substituents is 3. The van der Waals surface area contributed by atoms with Gasteiger partial charge in [-0.05, 0) is 263 Å². The Hall–Kier alpha value is -17.7. The molecule has 0 aromatic heterocycles. The molecule has 16 aromatic carbocycles. The van der Waals surface area contributed by atoms with Crippen LogP contribution in [0, 0.1) is 30.3 Å². The van der Waals surface area contributed by atoms with Crippen molar-refractivity contribution in [2.75, 3.05) is 55.7 Å². The van der Waals surface area contributed by atoms with Crippen molar-refractivity contribution in [1.82, 2.24) is 0 Å². The number of anilines is 8. The van der Waals surface area contributed by atoms with E-state index < -0.39 is 74.0 Å². The number of nitro benzene ring substituents is 3. The second-order valence-electron chi connectivity index (χ2n) is 33.4. The van der Waals surface area contributed by atoms with E-state index in [0.717, 1.165) is 66.2 Å². The van der Waals surface area contributed by atoms with Gasteiger partial charge in [0.1, 0.15) is 0 Å². The summed E-state index contributed by atoms with van der Waals surface area (Å²) in [6.07, 6.45) is 2.56. The fourth-order valence-electron chi connectivity index (χ4n) is 17.0. The molecule has 8 amide bonds. The van der Waals surface area contributed by atoms with Gasteiger partial charge in [-0.2, -0.15) is 0 Å². The van der Waals surface area contributed by atoms with E-state index in [-0.39, 0.29) is 93.0 Å². The maximum atomic E-state index is 13.5. The number of amides is 8. The molecule has 22 rings (SSSR count). The molecular weight excluding hydrogens is 1980 g/mol. The first-order valence-corrected chi connectivity index (χ1v) is 46.3. The van der Waals surface area contributed by atoms with Crippen molar-refractivity contribution in [3.05, 3.63) is 438 Å². The molecule has 0 aliphatic carbocycles. The number of nitrogens with two attached hydrogens (primary N) is 4. The summed E-state index contributed by atoms with van der Waals surface area (Å²) in [5.74, 6) is -5.38. The molecule has 29 nitrogen and oxygen atoms in total. The molecule has 35 heteroatoms. The molecule has 1 saturated heterocycles. The molecule has 6 aliphatic rings. The Balaban J connectivity index is 0.000000138. The first kappa shape index (κ1) is 97.5. The fraction of sp³-hybridized carbons (Fsp3) is 0.0364. The predicted octanol–water partition coefficient (Wildman–Crippen LogP) is 25.4. The summed E-state index contributed by atoms with van der Waals surface area (Å²) >= 11 is 39.1. The lowest BCUT2D eigenvalue weighted by Gasteiger charge is -2.18. The van der Waals surface area contributed by atoms with Gasteiger partial charge in [-0.15, -0.1) is 0 Å². The van der Waals surface area contributed by atoms with Crippen molar-refractivity contribution in [3.63, 3.8) is 0 Å². The van der Waals surface area contributed by atoms with Gasteiger partial charge >= 0.3 is 11.9 Å². The normalized spacial score (nSPS) is 13.4. The highest BCUT2D eigenvalue weighted by Crippen LogP contribution is 2.46. The van der Waals surface area contributed by atoms with Crippen LogP contribution in [0.15, 0.2) is 322 Å². The number of rotatable bonds is 15. The van der Waals surface area contributed by atoms with E-state index in [4.69, 9.17) is 97.3 Å².